The molecule has 0 N–H and O–H groups in total. The Kier molecular flexibility index (Phi) is 3.15. The number of aryl methyl sites for hydroxylation is 1. The predicted molar refractivity (Wildman–Crippen MR) is 65.3 cm³/mol. The lowest BCUT2D eigenvalue weighted by atomic mass is 10.2. The minimum Gasteiger partial charge on any atom is -0.431 e. The summed E-state index contributed by atoms with van der Waals surface area (Å²) in [4.78, 5) is 6.14. The highest BCUT2D eigenvalue weighted by Crippen LogP contribution is 2.23. The van der Waals surface area contributed by atoms with E-state index in [1.807, 2.05) is 24.1 Å². The first kappa shape index (κ1) is 11.0. The van der Waals surface area contributed by atoms with Crippen LogP contribution in [0.1, 0.15) is 11.3 Å². The van der Waals surface area contributed by atoms with Crippen molar-refractivity contribution in [3.63, 3.8) is 0 Å². The fourth-order valence-electron chi connectivity index (χ4n) is 1.39. The third-order valence-electron chi connectivity index (χ3n) is 2.38. The average molecular weight is 237 g/mol. The molecule has 1 aromatic heterocycles. The number of aromatic nitrogens is 1. The van der Waals surface area contributed by atoms with Crippen LogP contribution >= 0.6 is 11.6 Å². The number of nitrogens with zero attached hydrogens (tertiary/aromatic N) is 2. The van der Waals surface area contributed by atoms with Crippen molar-refractivity contribution in [3.8, 4) is 0 Å². The molecule has 3 nitrogen and oxygen atoms in total. The monoisotopic (exact) mass is 236 g/mol. The SMILES string of the molecule is Cc1ccc(N(C)c2nc(CCl)co2)cc1. The smallest absolute Gasteiger partial charge is 0.301 e. The van der Waals surface area contributed by atoms with Crippen LogP contribution in [0.2, 0.25) is 0 Å². The van der Waals surface area contributed by atoms with Crippen LogP contribution in [0.4, 0.5) is 11.7 Å². The summed E-state index contributed by atoms with van der Waals surface area (Å²) in [5.41, 5.74) is 3.01. The summed E-state index contributed by atoms with van der Waals surface area (Å²) >= 11 is 5.67. The summed E-state index contributed by atoms with van der Waals surface area (Å²) in [5, 5.41) is 0. The van der Waals surface area contributed by atoms with Gasteiger partial charge in [0.15, 0.2) is 0 Å². The van der Waals surface area contributed by atoms with Gasteiger partial charge >= 0.3 is 6.01 Å². The van der Waals surface area contributed by atoms with Crippen molar-refractivity contribution < 1.29 is 4.42 Å². The van der Waals surface area contributed by atoms with Gasteiger partial charge < -0.3 is 4.42 Å². The van der Waals surface area contributed by atoms with Gasteiger partial charge in [-0.3, -0.25) is 4.90 Å². The van der Waals surface area contributed by atoms with Crippen LogP contribution in [0.5, 0.6) is 0 Å². The van der Waals surface area contributed by atoms with Gasteiger partial charge in [-0.2, -0.15) is 4.98 Å². The van der Waals surface area contributed by atoms with Gasteiger partial charge in [-0.25, -0.2) is 0 Å². The maximum absolute atomic E-state index is 5.67. The second-order valence-corrected chi connectivity index (χ2v) is 3.92. The van der Waals surface area contributed by atoms with Crippen LogP contribution in [0.25, 0.3) is 0 Å². The zero-order chi connectivity index (χ0) is 11.5. The Morgan fingerprint density at radius 3 is 2.56 bits per heavy atom. The molecule has 0 bridgehead atoms. The molecular formula is C12H13ClN2O. The fourth-order valence-corrected chi connectivity index (χ4v) is 1.51. The first-order chi connectivity index (χ1) is 7.70. The third kappa shape index (κ3) is 2.19. The molecule has 0 radical (unpaired) electrons. The number of hydrogen-bond donors (Lipinski definition) is 0. The van der Waals surface area contributed by atoms with Gasteiger partial charge in [0.25, 0.3) is 0 Å². The molecule has 1 heterocycles. The van der Waals surface area contributed by atoms with Crippen LogP contribution < -0.4 is 4.90 Å². The zero-order valence-electron chi connectivity index (χ0n) is 9.27. The van der Waals surface area contributed by atoms with Gasteiger partial charge in [-0.05, 0) is 19.1 Å². The molecule has 0 spiro atoms. The number of halogens is 1. The summed E-state index contributed by atoms with van der Waals surface area (Å²) in [6.45, 7) is 2.06. The first-order valence-electron chi connectivity index (χ1n) is 5.01. The lowest BCUT2D eigenvalue weighted by molar-refractivity contribution is 0.560. The molecule has 0 aliphatic heterocycles. The summed E-state index contributed by atoms with van der Waals surface area (Å²) < 4.78 is 5.33. The van der Waals surface area contributed by atoms with Gasteiger partial charge in [0, 0.05) is 12.7 Å². The molecule has 0 aliphatic carbocycles. The topological polar surface area (TPSA) is 29.3 Å². The lowest BCUT2D eigenvalue weighted by Gasteiger charge is -2.14. The number of oxazole rings is 1. The molecule has 84 valence electrons. The summed E-state index contributed by atoms with van der Waals surface area (Å²) in [5.74, 6) is 0.366. The van der Waals surface area contributed by atoms with E-state index in [9.17, 15) is 0 Å². The lowest BCUT2D eigenvalue weighted by Crippen LogP contribution is -2.09. The molecule has 2 aromatic rings. The first-order valence-corrected chi connectivity index (χ1v) is 5.55. The number of alkyl halides is 1. The van der Waals surface area contributed by atoms with E-state index >= 15 is 0 Å². The Hall–Kier alpha value is -1.48. The number of benzene rings is 1. The van der Waals surface area contributed by atoms with Gasteiger partial charge in [-0.15, -0.1) is 11.6 Å². The number of anilines is 2. The zero-order valence-corrected chi connectivity index (χ0v) is 10.0. The Balaban J connectivity index is 2.24. The molecule has 2 rings (SSSR count). The molecule has 0 saturated carbocycles. The van der Waals surface area contributed by atoms with Crippen LogP contribution in [0.3, 0.4) is 0 Å². The van der Waals surface area contributed by atoms with Crippen LogP contribution in [-0.2, 0) is 5.88 Å². The minimum atomic E-state index is 0.366. The highest BCUT2D eigenvalue weighted by molar-refractivity contribution is 6.16. The Bertz CT molecular complexity index is 464. The largest absolute Gasteiger partial charge is 0.431 e. The third-order valence-corrected chi connectivity index (χ3v) is 2.66. The molecule has 1 aromatic carbocycles. The normalized spacial score (nSPS) is 10.4. The highest BCUT2D eigenvalue weighted by Gasteiger charge is 2.09. The van der Waals surface area contributed by atoms with Crippen molar-refractivity contribution in [1.29, 1.82) is 0 Å². The fraction of sp³-hybridized carbons (Fsp3) is 0.250. The van der Waals surface area contributed by atoms with E-state index < -0.39 is 0 Å². The maximum atomic E-state index is 5.67. The number of rotatable bonds is 3. The van der Waals surface area contributed by atoms with Crippen LogP contribution in [0.15, 0.2) is 34.9 Å². The quantitative estimate of drug-likeness (QED) is 0.764. The van der Waals surface area contributed by atoms with Crippen LogP contribution in [-0.4, -0.2) is 12.0 Å². The van der Waals surface area contributed by atoms with Gasteiger partial charge in [-0.1, -0.05) is 17.7 Å². The minimum absolute atomic E-state index is 0.366. The van der Waals surface area contributed by atoms with E-state index in [2.05, 4.69) is 24.0 Å². The molecule has 0 unspecified atom stereocenters. The Morgan fingerprint density at radius 1 is 1.31 bits per heavy atom. The van der Waals surface area contributed by atoms with Crippen LogP contribution in [0, 0.1) is 6.92 Å². The molecule has 0 fully saturated rings. The molecule has 0 atom stereocenters. The molecule has 0 aliphatic rings. The van der Waals surface area contributed by atoms with Crippen molar-refractivity contribution in [2.24, 2.45) is 0 Å². The Morgan fingerprint density at radius 2 is 2.00 bits per heavy atom. The van der Waals surface area contributed by atoms with Crippen molar-refractivity contribution in [2.75, 3.05) is 11.9 Å². The Labute approximate surface area is 99.7 Å². The van der Waals surface area contributed by atoms with E-state index in [0.717, 1.165) is 11.4 Å². The molecular weight excluding hydrogens is 224 g/mol. The van der Waals surface area contributed by atoms with E-state index in [-0.39, 0.29) is 0 Å². The molecule has 0 saturated heterocycles. The summed E-state index contributed by atoms with van der Waals surface area (Å²) in [6.07, 6.45) is 1.58. The molecule has 16 heavy (non-hydrogen) atoms. The molecule has 4 heteroatoms. The summed E-state index contributed by atoms with van der Waals surface area (Å²) in [6, 6.07) is 8.72. The molecule has 0 amide bonds. The van der Waals surface area contributed by atoms with E-state index in [1.54, 1.807) is 6.26 Å². The van der Waals surface area contributed by atoms with Crippen molar-refractivity contribution in [3.05, 3.63) is 41.8 Å². The van der Waals surface area contributed by atoms with Gasteiger partial charge in [0.2, 0.25) is 0 Å². The van der Waals surface area contributed by atoms with Crippen molar-refractivity contribution in [1.82, 2.24) is 4.98 Å². The second-order valence-electron chi connectivity index (χ2n) is 3.65. The second kappa shape index (κ2) is 4.58. The van der Waals surface area contributed by atoms with E-state index in [0.29, 0.717) is 11.9 Å². The highest BCUT2D eigenvalue weighted by atomic mass is 35.5. The van der Waals surface area contributed by atoms with E-state index in [4.69, 9.17) is 16.0 Å². The standard InChI is InChI=1S/C12H13ClN2O/c1-9-3-5-11(6-4-9)15(2)12-14-10(7-13)8-16-12/h3-6,8H,7H2,1-2H3. The van der Waals surface area contributed by atoms with E-state index in [1.165, 1.54) is 5.56 Å². The van der Waals surface area contributed by atoms with Crippen molar-refractivity contribution in [2.45, 2.75) is 12.8 Å². The average Bonchev–Trinajstić information content (AvgIpc) is 2.77. The van der Waals surface area contributed by atoms with Gasteiger partial charge in [0.05, 0.1) is 11.6 Å². The van der Waals surface area contributed by atoms with Crippen molar-refractivity contribution >= 4 is 23.3 Å². The maximum Gasteiger partial charge on any atom is 0.301 e. The predicted octanol–water partition coefficient (Wildman–Crippen LogP) is 3.49. The van der Waals surface area contributed by atoms with Gasteiger partial charge in [0.1, 0.15) is 6.26 Å². The number of hydrogen-bond acceptors (Lipinski definition) is 3. The summed E-state index contributed by atoms with van der Waals surface area (Å²) in [7, 11) is 1.91.